The average Bonchev–Trinajstić information content (AvgIpc) is 3.15. The van der Waals surface area contributed by atoms with E-state index in [0.29, 0.717) is 23.0 Å². The Kier molecular flexibility index (Phi) is 3.85. The first-order chi connectivity index (χ1) is 11.0. The fraction of sp³-hybridized carbons (Fsp3) is 0.375. The molecule has 0 spiro atoms. The number of hydrogen-bond donors (Lipinski definition) is 1. The van der Waals surface area contributed by atoms with Crippen molar-refractivity contribution in [2.75, 3.05) is 6.54 Å². The number of aromatic nitrogens is 2. The Morgan fingerprint density at radius 1 is 1.43 bits per heavy atom. The van der Waals surface area contributed by atoms with Crippen LogP contribution in [0.2, 0.25) is 0 Å². The number of likely N-dealkylation sites (tertiary alicyclic amines) is 1. The number of imidazole rings is 1. The zero-order valence-corrected chi connectivity index (χ0v) is 13.0. The first-order valence-corrected chi connectivity index (χ1v) is 7.58. The Balaban J connectivity index is 1.85. The molecule has 1 fully saturated rings. The number of carbonyl (C=O) groups excluding carboxylic acids is 1. The summed E-state index contributed by atoms with van der Waals surface area (Å²) in [7, 11) is 0. The Morgan fingerprint density at radius 2 is 2.22 bits per heavy atom. The minimum atomic E-state index is -0.453. The van der Waals surface area contributed by atoms with Gasteiger partial charge in [0.1, 0.15) is 11.5 Å². The van der Waals surface area contributed by atoms with E-state index in [9.17, 15) is 14.9 Å². The van der Waals surface area contributed by atoms with E-state index in [2.05, 4.69) is 16.9 Å². The van der Waals surface area contributed by atoms with Crippen molar-refractivity contribution in [3.63, 3.8) is 0 Å². The van der Waals surface area contributed by atoms with E-state index in [1.807, 2.05) is 11.8 Å². The van der Waals surface area contributed by atoms with Crippen LogP contribution in [0, 0.1) is 16.0 Å². The normalized spacial score (nSPS) is 20.7. The molecule has 2 aromatic rings. The number of H-pyrrole nitrogens is 1. The lowest BCUT2D eigenvalue weighted by Gasteiger charge is -2.22. The van der Waals surface area contributed by atoms with Crippen LogP contribution in [-0.2, 0) is 0 Å². The molecule has 0 aliphatic carbocycles. The predicted molar refractivity (Wildman–Crippen MR) is 85.0 cm³/mol. The molecule has 0 radical (unpaired) electrons. The van der Waals surface area contributed by atoms with Gasteiger partial charge in [-0.1, -0.05) is 19.1 Å². The van der Waals surface area contributed by atoms with Crippen LogP contribution < -0.4 is 0 Å². The highest BCUT2D eigenvalue weighted by atomic mass is 16.6. The quantitative estimate of drug-likeness (QED) is 0.696. The second kappa shape index (κ2) is 5.83. The van der Waals surface area contributed by atoms with E-state index in [0.717, 1.165) is 13.0 Å². The molecule has 2 atom stereocenters. The molecule has 7 nitrogen and oxygen atoms in total. The molecular weight excluding hydrogens is 296 g/mol. The molecule has 2 unspecified atom stereocenters. The summed E-state index contributed by atoms with van der Waals surface area (Å²) in [5, 5.41) is 10.9. The highest BCUT2D eigenvalue weighted by Crippen LogP contribution is 2.26. The second-order valence-corrected chi connectivity index (χ2v) is 5.96. The molecule has 1 aromatic heterocycles. The fourth-order valence-corrected chi connectivity index (χ4v) is 2.88. The number of amides is 1. The zero-order valence-electron chi connectivity index (χ0n) is 13.0. The van der Waals surface area contributed by atoms with Gasteiger partial charge in [-0.2, -0.15) is 0 Å². The molecule has 1 saturated heterocycles. The highest BCUT2D eigenvalue weighted by Gasteiger charge is 2.32. The Bertz CT molecular complexity index is 755. The summed E-state index contributed by atoms with van der Waals surface area (Å²) in [6, 6.07) is 6.38. The van der Waals surface area contributed by atoms with Crippen molar-refractivity contribution in [1.29, 1.82) is 0 Å². The number of nitrogens with zero attached hydrogens (tertiary/aromatic N) is 3. The van der Waals surface area contributed by atoms with E-state index in [1.165, 1.54) is 18.3 Å². The topological polar surface area (TPSA) is 92.1 Å². The first-order valence-electron chi connectivity index (χ1n) is 7.58. The highest BCUT2D eigenvalue weighted by molar-refractivity contribution is 5.93. The summed E-state index contributed by atoms with van der Waals surface area (Å²) in [5.74, 6) is 0.862. The van der Waals surface area contributed by atoms with Crippen LogP contribution >= 0.6 is 0 Å². The maximum Gasteiger partial charge on any atom is 0.272 e. The summed E-state index contributed by atoms with van der Waals surface area (Å²) >= 11 is 0. The van der Waals surface area contributed by atoms with Crippen LogP contribution in [0.3, 0.4) is 0 Å². The Morgan fingerprint density at radius 3 is 2.87 bits per heavy atom. The number of nitrogens with one attached hydrogen (secondary N) is 1. The molecular formula is C16H18N4O3. The number of nitro benzene ring substituents is 1. The van der Waals surface area contributed by atoms with Crippen molar-refractivity contribution >= 4 is 11.6 Å². The monoisotopic (exact) mass is 314 g/mol. The number of benzene rings is 1. The van der Waals surface area contributed by atoms with Crippen LogP contribution in [0.1, 0.15) is 30.8 Å². The zero-order chi connectivity index (χ0) is 16.6. The third kappa shape index (κ3) is 2.81. The standard InChI is InChI=1S/C16H18N4O3/c1-10-6-7-19(11(10)2)16(21)14-9-17-15(18-14)12-4-3-5-13(8-12)20(22)23/h3-5,8-11H,6-7H2,1-2H3,(H,17,18). The predicted octanol–water partition coefficient (Wildman–Crippen LogP) is 2.86. The van der Waals surface area contributed by atoms with Gasteiger partial charge < -0.3 is 9.88 Å². The van der Waals surface area contributed by atoms with Crippen LogP contribution in [0.15, 0.2) is 30.5 Å². The van der Waals surface area contributed by atoms with Gasteiger partial charge in [0.25, 0.3) is 11.6 Å². The van der Waals surface area contributed by atoms with Crippen LogP contribution in [0.4, 0.5) is 5.69 Å². The third-order valence-corrected chi connectivity index (χ3v) is 4.54. The number of aromatic amines is 1. The summed E-state index contributed by atoms with van der Waals surface area (Å²) in [6.07, 6.45) is 2.49. The lowest BCUT2D eigenvalue weighted by molar-refractivity contribution is -0.384. The fourth-order valence-electron chi connectivity index (χ4n) is 2.88. The molecule has 7 heteroatoms. The van der Waals surface area contributed by atoms with Gasteiger partial charge in [0.2, 0.25) is 0 Å². The molecule has 0 bridgehead atoms. The van der Waals surface area contributed by atoms with Crippen molar-refractivity contribution in [1.82, 2.24) is 14.9 Å². The number of nitro groups is 1. The van der Waals surface area contributed by atoms with Crippen LogP contribution in [0.25, 0.3) is 11.4 Å². The molecule has 1 aliphatic heterocycles. The number of rotatable bonds is 3. The van der Waals surface area contributed by atoms with Gasteiger partial charge in [-0.25, -0.2) is 4.98 Å². The molecule has 1 N–H and O–H groups in total. The van der Waals surface area contributed by atoms with E-state index >= 15 is 0 Å². The minimum absolute atomic E-state index is 0.00577. The van der Waals surface area contributed by atoms with Gasteiger partial charge in [-0.15, -0.1) is 0 Å². The van der Waals surface area contributed by atoms with Crippen molar-refractivity contribution < 1.29 is 9.72 Å². The summed E-state index contributed by atoms with van der Waals surface area (Å²) in [6.45, 7) is 4.93. The first kappa shape index (κ1) is 15.2. The average molecular weight is 314 g/mol. The van der Waals surface area contributed by atoms with Gasteiger partial charge in [-0.3, -0.25) is 14.9 Å². The Labute approximate surface area is 133 Å². The second-order valence-electron chi connectivity index (χ2n) is 5.96. The molecule has 2 heterocycles. The lowest BCUT2D eigenvalue weighted by Crippen LogP contribution is -2.35. The van der Waals surface area contributed by atoms with E-state index in [4.69, 9.17) is 0 Å². The van der Waals surface area contributed by atoms with Crippen molar-refractivity contribution in [3.8, 4) is 11.4 Å². The van der Waals surface area contributed by atoms with Crippen molar-refractivity contribution in [2.45, 2.75) is 26.3 Å². The molecule has 1 amide bonds. The van der Waals surface area contributed by atoms with Gasteiger partial charge in [-0.05, 0) is 19.3 Å². The van der Waals surface area contributed by atoms with Crippen molar-refractivity contribution in [3.05, 3.63) is 46.3 Å². The number of carbonyl (C=O) groups is 1. The third-order valence-electron chi connectivity index (χ3n) is 4.54. The van der Waals surface area contributed by atoms with Gasteiger partial charge in [0.05, 0.1) is 11.1 Å². The maximum atomic E-state index is 12.6. The Hall–Kier alpha value is -2.70. The summed E-state index contributed by atoms with van der Waals surface area (Å²) < 4.78 is 0. The lowest BCUT2D eigenvalue weighted by atomic mass is 10.1. The van der Waals surface area contributed by atoms with E-state index in [-0.39, 0.29) is 17.6 Å². The van der Waals surface area contributed by atoms with Crippen LogP contribution in [0.5, 0.6) is 0 Å². The largest absolute Gasteiger partial charge is 0.334 e. The van der Waals surface area contributed by atoms with Gasteiger partial charge in [0.15, 0.2) is 0 Å². The molecule has 23 heavy (non-hydrogen) atoms. The summed E-state index contributed by atoms with van der Waals surface area (Å²) in [5.41, 5.74) is 0.988. The van der Waals surface area contributed by atoms with E-state index < -0.39 is 4.92 Å². The molecule has 0 saturated carbocycles. The summed E-state index contributed by atoms with van der Waals surface area (Å²) in [4.78, 5) is 32.0. The number of non-ortho nitro benzene ring substituents is 1. The van der Waals surface area contributed by atoms with Gasteiger partial charge >= 0.3 is 0 Å². The minimum Gasteiger partial charge on any atom is -0.334 e. The SMILES string of the molecule is CC1CCN(C(=O)c2cnc(-c3cccc([N+](=O)[O-])c3)[nH]2)C1C. The molecule has 120 valence electrons. The smallest absolute Gasteiger partial charge is 0.272 e. The molecule has 3 rings (SSSR count). The van der Waals surface area contributed by atoms with Crippen molar-refractivity contribution in [2.24, 2.45) is 5.92 Å². The molecule has 1 aromatic carbocycles. The molecule has 1 aliphatic rings. The van der Waals surface area contributed by atoms with Gasteiger partial charge in [0, 0.05) is 30.3 Å². The van der Waals surface area contributed by atoms with E-state index in [1.54, 1.807) is 12.1 Å². The maximum absolute atomic E-state index is 12.6. The number of hydrogen-bond acceptors (Lipinski definition) is 4. The van der Waals surface area contributed by atoms with Crippen LogP contribution in [-0.4, -0.2) is 38.3 Å².